The summed E-state index contributed by atoms with van der Waals surface area (Å²) in [6, 6.07) is 7.86. The van der Waals surface area contributed by atoms with Gasteiger partial charge in [-0.3, -0.25) is 14.9 Å². The van der Waals surface area contributed by atoms with Crippen molar-refractivity contribution in [2.24, 2.45) is 11.8 Å². The summed E-state index contributed by atoms with van der Waals surface area (Å²) in [5, 5.41) is 16.3. The Hall–Kier alpha value is -2.30. The topological polar surface area (TPSA) is 110 Å². The van der Waals surface area contributed by atoms with E-state index in [2.05, 4.69) is 19.2 Å². The van der Waals surface area contributed by atoms with E-state index in [-0.39, 0.29) is 41.5 Å². The minimum absolute atomic E-state index is 0.0381. The standard InChI is InChI=1S/C23H31N3O5S2/c1-4-17(5-2)22(20-7-6-14-32-20)24-23(27)18-10-12-25(13-11-18)33(30,31)21-15-19(26(28)29)9-8-16(21)3/h6-9,14-15,17-18,22H,4-5,10-13H2,1-3H3,(H,24,27). The number of sulfonamides is 1. The van der Waals surface area contributed by atoms with Crippen LogP contribution in [0.5, 0.6) is 0 Å². The molecule has 1 atom stereocenters. The van der Waals surface area contributed by atoms with Crippen LogP contribution in [-0.4, -0.2) is 36.6 Å². The van der Waals surface area contributed by atoms with Crippen LogP contribution in [0.3, 0.4) is 0 Å². The molecule has 1 aliphatic rings. The van der Waals surface area contributed by atoms with Gasteiger partial charge < -0.3 is 5.32 Å². The molecule has 0 saturated carbocycles. The number of nitro benzene ring substituents is 1. The summed E-state index contributed by atoms with van der Waals surface area (Å²) in [6.07, 6.45) is 2.75. The molecule has 1 aromatic heterocycles. The van der Waals surface area contributed by atoms with Gasteiger partial charge in [-0.25, -0.2) is 8.42 Å². The van der Waals surface area contributed by atoms with Crippen LogP contribution >= 0.6 is 11.3 Å². The highest BCUT2D eigenvalue weighted by Gasteiger charge is 2.35. The number of hydrogen-bond acceptors (Lipinski definition) is 6. The number of nitro groups is 1. The molecule has 1 amide bonds. The molecule has 8 nitrogen and oxygen atoms in total. The predicted octanol–water partition coefficient (Wildman–Crippen LogP) is 4.66. The van der Waals surface area contributed by atoms with Crippen molar-refractivity contribution in [3.8, 4) is 0 Å². The fourth-order valence-electron chi connectivity index (χ4n) is 4.40. The third kappa shape index (κ3) is 5.62. The van der Waals surface area contributed by atoms with Crippen molar-refractivity contribution in [3.05, 3.63) is 56.3 Å². The maximum absolute atomic E-state index is 13.2. The molecule has 1 saturated heterocycles. The highest BCUT2D eigenvalue weighted by Crippen LogP contribution is 2.32. The van der Waals surface area contributed by atoms with Gasteiger partial charge >= 0.3 is 0 Å². The van der Waals surface area contributed by atoms with Crippen LogP contribution in [0.15, 0.2) is 40.6 Å². The number of non-ortho nitro benzene ring substituents is 1. The first-order valence-electron chi connectivity index (χ1n) is 11.3. The molecule has 1 unspecified atom stereocenters. The second-order valence-electron chi connectivity index (χ2n) is 8.46. The predicted molar refractivity (Wildman–Crippen MR) is 129 cm³/mol. The van der Waals surface area contributed by atoms with E-state index < -0.39 is 14.9 Å². The fraction of sp³-hybridized carbons (Fsp3) is 0.522. The Kier molecular flexibility index (Phi) is 8.25. The SMILES string of the molecule is CCC(CC)C(NC(=O)C1CCN(S(=O)(=O)c2cc([N+](=O)[O-])ccc2C)CC1)c1cccs1. The number of nitrogens with one attached hydrogen (secondary N) is 1. The quantitative estimate of drug-likeness (QED) is 0.404. The van der Waals surface area contributed by atoms with Gasteiger partial charge in [0.25, 0.3) is 5.69 Å². The Morgan fingerprint density at radius 2 is 1.91 bits per heavy atom. The van der Waals surface area contributed by atoms with Gasteiger partial charge in [0.2, 0.25) is 15.9 Å². The molecule has 0 bridgehead atoms. The zero-order valence-corrected chi connectivity index (χ0v) is 20.8. The summed E-state index contributed by atoms with van der Waals surface area (Å²) in [5.41, 5.74) is 0.207. The Morgan fingerprint density at radius 1 is 1.24 bits per heavy atom. The first kappa shape index (κ1) is 25.3. The molecule has 0 radical (unpaired) electrons. The van der Waals surface area contributed by atoms with Gasteiger partial charge in [-0.05, 0) is 42.7 Å². The van der Waals surface area contributed by atoms with Gasteiger partial charge in [-0.2, -0.15) is 4.31 Å². The van der Waals surface area contributed by atoms with Gasteiger partial charge in [0, 0.05) is 36.0 Å². The van der Waals surface area contributed by atoms with E-state index in [1.807, 2.05) is 17.5 Å². The van der Waals surface area contributed by atoms with Gasteiger partial charge in [0.1, 0.15) is 0 Å². The molecular weight excluding hydrogens is 462 g/mol. The molecular formula is C23H31N3O5S2. The van der Waals surface area contributed by atoms with Gasteiger partial charge in [-0.15, -0.1) is 11.3 Å². The van der Waals surface area contributed by atoms with Crippen LogP contribution in [0.25, 0.3) is 0 Å². The Labute approximate surface area is 199 Å². The summed E-state index contributed by atoms with van der Waals surface area (Å²) < 4.78 is 27.7. The van der Waals surface area contributed by atoms with Crippen LogP contribution in [0.4, 0.5) is 5.69 Å². The van der Waals surface area contributed by atoms with Crippen LogP contribution in [0.1, 0.15) is 56.0 Å². The average Bonchev–Trinajstić information content (AvgIpc) is 3.34. The van der Waals surface area contributed by atoms with Gasteiger partial charge in [-0.1, -0.05) is 38.8 Å². The number of aryl methyl sites for hydroxylation is 1. The van der Waals surface area contributed by atoms with Gasteiger partial charge in [0.05, 0.1) is 15.9 Å². The maximum atomic E-state index is 13.2. The molecule has 10 heteroatoms. The van der Waals surface area contributed by atoms with Crippen LogP contribution in [0.2, 0.25) is 0 Å². The van der Waals surface area contributed by atoms with Crippen molar-refractivity contribution in [2.45, 2.75) is 57.4 Å². The first-order chi connectivity index (χ1) is 15.7. The monoisotopic (exact) mass is 493 g/mol. The number of amides is 1. The molecule has 180 valence electrons. The molecule has 1 N–H and O–H groups in total. The minimum atomic E-state index is -3.88. The fourth-order valence-corrected chi connectivity index (χ4v) is 6.98. The number of hydrogen-bond donors (Lipinski definition) is 1. The number of carbonyl (C=O) groups excluding carboxylic acids is 1. The van der Waals surface area contributed by atoms with Gasteiger partial charge in [0.15, 0.2) is 0 Å². The summed E-state index contributed by atoms with van der Waals surface area (Å²) in [7, 11) is -3.88. The van der Waals surface area contributed by atoms with E-state index in [1.54, 1.807) is 18.3 Å². The molecule has 1 aromatic carbocycles. The molecule has 0 aliphatic carbocycles. The average molecular weight is 494 g/mol. The number of benzene rings is 1. The number of carbonyl (C=O) groups is 1. The lowest BCUT2D eigenvalue weighted by Crippen LogP contribution is -2.44. The Morgan fingerprint density at radius 3 is 2.45 bits per heavy atom. The van der Waals surface area contributed by atoms with E-state index in [4.69, 9.17) is 0 Å². The second kappa shape index (κ2) is 10.8. The highest BCUT2D eigenvalue weighted by atomic mass is 32.2. The van der Waals surface area contributed by atoms with Crippen molar-refractivity contribution >= 4 is 33.0 Å². The molecule has 1 aliphatic heterocycles. The molecule has 0 spiro atoms. The van der Waals surface area contributed by atoms with Crippen molar-refractivity contribution in [2.75, 3.05) is 13.1 Å². The third-order valence-corrected chi connectivity index (χ3v) is 9.49. The molecule has 1 fully saturated rings. The van der Waals surface area contributed by atoms with Crippen LogP contribution in [0, 0.1) is 28.9 Å². The van der Waals surface area contributed by atoms with E-state index in [0.717, 1.165) is 23.8 Å². The molecule has 33 heavy (non-hydrogen) atoms. The molecule has 2 heterocycles. The zero-order valence-electron chi connectivity index (χ0n) is 19.2. The summed E-state index contributed by atoms with van der Waals surface area (Å²) >= 11 is 1.63. The van der Waals surface area contributed by atoms with E-state index in [9.17, 15) is 23.3 Å². The second-order valence-corrected chi connectivity index (χ2v) is 11.3. The lowest BCUT2D eigenvalue weighted by Gasteiger charge is -2.33. The van der Waals surface area contributed by atoms with Crippen molar-refractivity contribution in [1.29, 1.82) is 0 Å². The summed E-state index contributed by atoms with van der Waals surface area (Å²) in [4.78, 5) is 24.7. The Balaban J connectivity index is 1.69. The minimum Gasteiger partial charge on any atom is -0.348 e. The largest absolute Gasteiger partial charge is 0.348 e. The normalized spacial score (nSPS) is 16.6. The summed E-state index contributed by atoms with van der Waals surface area (Å²) in [5.74, 6) is 0.0354. The van der Waals surface area contributed by atoms with Crippen molar-refractivity contribution in [3.63, 3.8) is 0 Å². The molecule has 3 rings (SSSR count). The smallest absolute Gasteiger partial charge is 0.270 e. The number of piperidine rings is 1. The highest BCUT2D eigenvalue weighted by molar-refractivity contribution is 7.89. The van der Waals surface area contributed by atoms with Crippen LogP contribution in [-0.2, 0) is 14.8 Å². The Bertz CT molecular complexity index is 1070. The number of nitrogens with zero attached hydrogens (tertiary/aromatic N) is 2. The number of rotatable bonds is 9. The third-order valence-electron chi connectivity index (χ3n) is 6.49. The van der Waals surface area contributed by atoms with E-state index >= 15 is 0 Å². The van der Waals surface area contributed by atoms with E-state index in [0.29, 0.717) is 24.3 Å². The maximum Gasteiger partial charge on any atom is 0.270 e. The lowest BCUT2D eigenvalue weighted by molar-refractivity contribution is -0.385. The summed E-state index contributed by atoms with van der Waals surface area (Å²) in [6.45, 7) is 6.29. The first-order valence-corrected chi connectivity index (χ1v) is 13.6. The van der Waals surface area contributed by atoms with E-state index in [1.165, 1.54) is 16.4 Å². The van der Waals surface area contributed by atoms with Crippen molar-refractivity contribution < 1.29 is 18.1 Å². The molecule has 2 aromatic rings. The zero-order chi connectivity index (χ0) is 24.2. The van der Waals surface area contributed by atoms with Crippen LogP contribution < -0.4 is 5.32 Å². The number of thiophene rings is 1. The van der Waals surface area contributed by atoms with Crippen molar-refractivity contribution in [1.82, 2.24) is 9.62 Å². The lowest BCUT2D eigenvalue weighted by atomic mass is 9.91.